The van der Waals surface area contributed by atoms with Crippen molar-refractivity contribution in [2.75, 3.05) is 0 Å². The fraction of sp³-hybridized carbons (Fsp3) is 0.733. The van der Waals surface area contributed by atoms with Gasteiger partial charge in [0.25, 0.3) is 0 Å². The highest BCUT2D eigenvalue weighted by atomic mass is 16.4. The molecule has 0 fully saturated rings. The summed E-state index contributed by atoms with van der Waals surface area (Å²) in [6, 6.07) is 0. The number of unbranched alkanes of at least 4 members (excludes halogenated alkanes) is 4. The number of aliphatic hydroxyl groups excluding tert-OH is 1. The SMILES string of the molecule is CCCCCC=CCCCC(C(=O)O)C(O)CC(=O)O. The molecular weight excluding hydrogens is 260 g/mol. The highest BCUT2D eigenvalue weighted by Crippen LogP contribution is 2.16. The fourth-order valence-corrected chi connectivity index (χ4v) is 2.01. The largest absolute Gasteiger partial charge is 0.481 e. The normalized spacial score (nSPS) is 14.3. The van der Waals surface area contributed by atoms with Gasteiger partial charge >= 0.3 is 11.9 Å². The minimum absolute atomic E-state index is 0.295. The Morgan fingerprint density at radius 1 is 1.05 bits per heavy atom. The topological polar surface area (TPSA) is 94.8 Å². The van der Waals surface area contributed by atoms with Gasteiger partial charge in [-0.2, -0.15) is 0 Å². The van der Waals surface area contributed by atoms with Crippen molar-refractivity contribution < 1.29 is 24.9 Å². The zero-order valence-electron chi connectivity index (χ0n) is 12.1. The van der Waals surface area contributed by atoms with Gasteiger partial charge in [-0.1, -0.05) is 31.9 Å². The minimum Gasteiger partial charge on any atom is -0.481 e. The molecule has 0 amide bonds. The summed E-state index contributed by atoms with van der Waals surface area (Å²) in [4.78, 5) is 21.5. The molecule has 116 valence electrons. The van der Waals surface area contributed by atoms with Crippen LogP contribution in [0.25, 0.3) is 0 Å². The van der Waals surface area contributed by atoms with Crippen LogP contribution in [0.5, 0.6) is 0 Å². The van der Waals surface area contributed by atoms with Crippen molar-refractivity contribution >= 4 is 11.9 Å². The lowest BCUT2D eigenvalue weighted by molar-refractivity contribution is -0.148. The van der Waals surface area contributed by atoms with E-state index in [0.29, 0.717) is 12.8 Å². The number of aliphatic hydroxyl groups is 1. The van der Waals surface area contributed by atoms with E-state index in [1.54, 1.807) is 0 Å². The molecule has 0 spiro atoms. The monoisotopic (exact) mass is 286 g/mol. The van der Waals surface area contributed by atoms with Crippen LogP contribution < -0.4 is 0 Å². The molecule has 2 unspecified atom stereocenters. The quantitative estimate of drug-likeness (QED) is 0.379. The van der Waals surface area contributed by atoms with Crippen LogP contribution in [0.1, 0.15) is 58.3 Å². The first kappa shape index (κ1) is 18.6. The average molecular weight is 286 g/mol. The van der Waals surface area contributed by atoms with Crippen molar-refractivity contribution in [2.24, 2.45) is 5.92 Å². The molecule has 5 heteroatoms. The molecule has 0 saturated carbocycles. The Bertz CT molecular complexity index is 311. The molecule has 0 saturated heterocycles. The highest BCUT2D eigenvalue weighted by molar-refractivity contribution is 5.73. The van der Waals surface area contributed by atoms with E-state index in [2.05, 4.69) is 13.0 Å². The van der Waals surface area contributed by atoms with E-state index in [-0.39, 0.29) is 0 Å². The molecule has 0 aromatic rings. The number of rotatable bonds is 12. The fourth-order valence-electron chi connectivity index (χ4n) is 2.01. The average Bonchev–Trinajstić information content (AvgIpc) is 2.35. The van der Waals surface area contributed by atoms with E-state index in [4.69, 9.17) is 10.2 Å². The standard InChI is InChI=1S/C15H26O5/c1-2-3-4-5-6-7-8-9-10-12(15(19)20)13(16)11-14(17)18/h6-7,12-13,16H,2-5,8-11H2,1H3,(H,17,18)(H,19,20). The van der Waals surface area contributed by atoms with Crippen LogP contribution in [0.2, 0.25) is 0 Å². The van der Waals surface area contributed by atoms with Gasteiger partial charge < -0.3 is 15.3 Å². The summed E-state index contributed by atoms with van der Waals surface area (Å²) in [5.74, 6) is -3.31. The molecule has 0 aromatic heterocycles. The smallest absolute Gasteiger partial charge is 0.309 e. The van der Waals surface area contributed by atoms with Crippen LogP contribution >= 0.6 is 0 Å². The summed E-state index contributed by atoms with van der Waals surface area (Å²) >= 11 is 0. The maximum Gasteiger partial charge on any atom is 0.309 e. The van der Waals surface area contributed by atoms with Gasteiger partial charge in [0.1, 0.15) is 0 Å². The van der Waals surface area contributed by atoms with Gasteiger partial charge in [-0.15, -0.1) is 0 Å². The third-order valence-electron chi connectivity index (χ3n) is 3.19. The van der Waals surface area contributed by atoms with Crippen LogP contribution in [0.3, 0.4) is 0 Å². The Labute approximate surface area is 120 Å². The molecule has 3 N–H and O–H groups in total. The lowest BCUT2D eigenvalue weighted by atomic mass is 9.94. The van der Waals surface area contributed by atoms with Crippen LogP contribution in [0, 0.1) is 5.92 Å². The van der Waals surface area contributed by atoms with Crippen molar-refractivity contribution in [1.29, 1.82) is 0 Å². The molecule has 0 radical (unpaired) electrons. The molecule has 2 atom stereocenters. The third-order valence-corrected chi connectivity index (χ3v) is 3.19. The predicted octanol–water partition coefficient (Wildman–Crippen LogP) is 2.83. The molecule has 0 bridgehead atoms. The number of aliphatic carboxylic acids is 2. The number of carbonyl (C=O) groups is 2. The van der Waals surface area contributed by atoms with Crippen molar-refractivity contribution in [2.45, 2.75) is 64.4 Å². The highest BCUT2D eigenvalue weighted by Gasteiger charge is 2.27. The molecule has 0 heterocycles. The van der Waals surface area contributed by atoms with E-state index in [1.165, 1.54) is 19.3 Å². The molecule has 5 nitrogen and oxygen atoms in total. The van der Waals surface area contributed by atoms with Crippen LogP contribution in [-0.2, 0) is 9.59 Å². The maximum absolute atomic E-state index is 11.0. The van der Waals surface area contributed by atoms with Gasteiger partial charge in [0.2, 0.25) is 0 Å². The van der Waals surface area contributed by atoms with E-state index < -0.39 is 30.4 Å². The first-order chi connectivity index (χ1) is 9.49. The van der Waals surface area contributed by atoms with Crippen LogP contribution in [0.4, 0.5) is 0 Å². The first-order valence-corrected chi connectivity index (χ1v) is 7.26. The third kappa shape index (κ3) is 9.55. The number of hydrogen-bond donors (Lipinski definition) is 3. The summed E-state index contributed by atoms with van der Waals surface area (Å²) in [5, 5.41) is 27.1. The Hall–Kier alpha value is -1.36. The molecule has 0 aliphatic heterocycles. The van der Waals surface area contributed by atoms with E-state index >= 15 is 0 Å². The van der Waals surface area contributed by atoms with Gasteiger partial charge in [-0.25, -0.2) is 0 Å². The number of carboxylic acid groups (broad SMARTS) is 2. The van der Waals surface area contributed by atoms with Crippen molar-refractivity contribution in [3.8, 4) is 0 Å². The number of carboxylic acids is 2. The van der Waals surface area contributed by atoms with Gasteiger partial charge in [-0.05, 0) is 32.1 Å². The first-order valence-electron chi connectivity index (χ1n) is 7.26. The lowest BCUT2D eigenvalue weighted by Gasteiger charge is -2.16. The summed E-state index contributed by atoms with van der Waals surface area (Å²) in [7, 11) is 0. The molecule has 20 heavy (non-hydrogen) atoms. The van der Waals surface area contributed by atoms with Crippen LogP contribution in [0.15, 0.2) is 12.2 Å². The van der Waals surface area contributed by atoms with Crippen molar-refractivity contribution in [3.05, 3.63) is 12.2 Å². The van der Waals surface area contributed by atoms with Crippen molar-refractivity contribution in [3.63, 3.8) is 0 Å². The Balaban J connectivity index is 3.92. The second kappa shape index (κ2) is 11.5. The molecule has 0 aliphatic rings. The van der Waals surface area contributed by atoms with Gasteiger partial charge in [0.05, 0.1) is 18.4 Å². The van der Waals surface area contributed by atoms with E-state index in [9.17, 15) is 14.7 Å². The van der Waals surface area contributed by atoms with E-state index in [0.717, 1.165) is 12.8 Å². The zero-order valence-corrected chi connectivity index (χ0v) is 12.1. The molecular formula is C15H26O5. The van der Waals surface area contributed by atoms with Gasteiger partial charge in [-0.3, -0.25) is 9.59 Å². The van der Waals surface area contributed by atoms with E-state index in [1.807, 2.05) is 6.08 Å². The second-order valence-corrected chi connectivity index (χ2v) is 5.01. The summed E-state index contributed by atoms with van der Waals surface area (Å²) in [6.45, 7) is 2.15. The van der Waals surface area contributed by atoms with Gasteiger partial charge in [0.15, 0.2) is 0 Å². The number of allylic oxidation sites excluding steroid dienone is 2. The molecule has 0 rings (SSSR count). The predicted molar refractivity (Wildman–Crippen MR) is 76.5 cm³/mol. The Morgan fingerprint density at radius 3 is 2.15 bits per heavy atom. The second-order valence-electron chi connectivity index (χ2n) is 5.01. The van der Waals surface area contributed by atoms with Gasteiger partial charge in [0, 0.05) is 0 Å². The Morgan fingerprint density at radius 2 is 1.65 bits per heavy atom. The molecule has 0 aliphatic carbocycles. The summed E-state index contributed by atoms with van der Waals surface area (Å²) < 4.78 is 0. The van der Waals surface area contributed by atoms with Crippen LogP contribution in [-0.4, -0.2) is 33.4 Å². The van der Waals surface area contributed by atoms with Crippen molar-refractivity contribution in [1.82, 2.24) is 0 Å². The summed E-state index contributed by atoms with van der Waals surface area (Å²) in [6.07, 6.45) is 8.58. The summed E-state index contributed by atoms with van der Waals surface area (Å²) in [5.41, 5.74) is 0. The number of hydrogen-bond acceptors (Lipinski definition) is 3. The maximum atomic E-state index is 11.0. The minimum atomic E-state index is -1.32. The molecule has 0 aromatic carbocycles. The lowest BCUT2D eigenvalue weighted by Crippen LogP contribution is -2.30. The zero-order chi connectivity index (χ0) is 15.4. The Kier molecular flexibility index (Phi) is 10.7.